The summed E-state index contributed by atoms with van der Waals surface area (Å²) in [7, 11) is 0. The SMILES string of the molecule is C#CCC(CC)NCCCCC1CCOCC1. The number of hydrogen-bond acceptors (Lipinski definition) is 2. The first-order valence-electron chi connectivity index (χ1n) is 7.11. The Bertz CT molecular complexity index is 215. The Morgan fingerprint density at radius 3 is 2.76 bits per heavy atom. The Morgan fingerprint density at radius 1 is 1.35 bits per heavy atom. The molecule has 0 bridgehead atoms. The highest BCUT2D eigenvalue weighted by Crippen LogP contribution is 2.20. The van der Waals surface area contributed by atoms with Crippen LogP contribution >= 0.6 is 0 Å². The van der Waals surface area contributed by atoms with E-state index in [1.54, 1.807) is 0 Å². The van der Waals surface area contributed by atoms with Gasteiger partial charge in [0.1, 0.15) is 0 Å². The Balaban J connectivity index is 1.94. The van der Waals surface area contributed by atoms with Crippen molar-refractivity contribution in [2.24, 2.45) is 5.92 Å². The van der Waals surface area contributed by atoms with Crippen LogP contribution in [0.4, 0.5) is 0 Å². The van der Waals surface area contributed by atoms with Crippen molar-refractivity contribution >= 4 is 0 Å². The standard InChI is InChI=1S/C15H27NO/c1-3-7-15(4-2)16-11-6-5-8-14-9-12-17-13-10-14/h1,14-16H,4-13H2,2H3. The van der Waals surface area contributed by atoms with E-state index in [0.717, 1.165) is 38.5 Å². The Labute approximate surface area is 107 Å². The number of ether oxygens (including phenoxy) is 1. The first-order chi connectivity index (χ1) is 8.36. The summed E-state index contributed by atoms with van der Waals surface area (Å²) in [5.74, 6) is 3.65. The average Bonchev–Trinajstić information content (AvgIpc) is 2.38. The summed E-state index contributed by atoms with van der Waals surface area (Å²) in [6.45, 7) is 5.26. The molecule has 1 unspecified atom stereocenters. The van der Waals surface area contributed by atoms with E-state index in [9.17, 15) is 0 Å². The van der Waals surface area contributed by atoms with Crippen molar-refractivity contribution < 1.29 is 4.74 Å². The molecule has 0 spiro atoms. The number of hydrogen-bond donors (Lipinski definition) is 1. The van der Waals surface area contributed by atoms with Crippen LogP contribution in [0, 0.1) is 18.3 Å². The molecule has 1 heterocycles. The Hall–Kier alpha value is -0.520. The van der Waals surface area contributed by atoms with Gasteiger partial charge in [-0.2, -0.15) is 0 Å². The average molecular weight is 237 g/mol. The highest BCUT2D eigenvalue weighted by molar-refractivity contribution is 4.89. The molecule has 0 aliphatic carbocycles. The molecular formula is C15H27NO. The first kappa shape index (κ1) is 14.5. The van der Waals surface area contributed by atoms with Crippen molar-refractivity contribution in [1.82, 2.24) is 5.32 Å². The van der Waals surface area contributed by atoms with E-state index in [2.05, 4.69) is 18.2 Å². The second kappa shape index (κ2) is 9.50. The minimum absolute atomic E-state index is 0.517. The van der Waals surface area contributed by atoms with Crippen LogP contribution in [0.1, 0.15) is 51.9 Å². The second-order valence-electron chi connectivity index (χ2n) is 5.02. The van der Waals surface area contributed by atoms with Crippen molar-refractivity contribution in [2.45, 2.75) is 57.9 Å². The Kier molecular flexibility index (Phi) is 8.13. The number of terminal acetylenes is 1. The zero-order chi connectivity index (χ0) is 12.3. The van der Waals surface area contributed by atoms with E-state index >= 15 is 0 Å². The van der Waals surface area contributed by atoms with Crippen molar-refractivity contribution in [1.29, 1.82) is 0 Å². The number of nitrogens with one attached hydrogen (secondary N) is 1. The van der Waals surface area contributed by atoms with Crippen LogP contribution in [0.3, 0.4) is 0 Å². The smallest absolute Gasteiger partial charge is 0.0468 e. The van der Waals surface area contributed by atoms with Crippen molar-refractivity contribution in [3.05, 3.63) is 0 Å². The predicted molar refractivity (Wildman–Crippen MR) is 72.9 cm³/mol. The summed E-state index contributed by atoms with van der Waals surface area (Å²) in [5, 5.41) is 3.54. The molecule has 2 nitrogen and oxygen atoms in total. The van der Waals surface area contributed by atoms with E-state index in [-0.39, 0.29) is 0 Å². The normalized spacial score (nSPS) is 18.8. The van der Waals surface area contributed by atoms with Crippen LogP contribution in [-0.2, 0) is 4.74 Å². The van der Waals surface area contributed by atoms with E-state index in [1.165, 1.54) is 32.1 Å². The molecule has 1 N–H and O–H groups in total. The lowest BCUT2D eigenvalue weighted by Crippen LogP contribution is -2.29. The molecule has 2 heteroatoms. The highest BCUT2D eigenvalue weighted by Gasteiger charge is 2.12. The summed E-state index contributed by atoms with van der Waals surface area (Å²) in [6, 6.07) is 0.517. The van der Waals surface area contributed by atoms with Crippen LogP contribution in [0.15, 0.2) is 0 Å². The maximum atomic E-state index is 5.37. The molecular weight excluding hydrogens is 210 g/mol. The molecule has 1 fully saturated rings. The molecule has 1 aliphatic heterocycles. The van der Waals surface area contributed by atoms with Crippen LogP contribution in [0.25, 0.3) is 0 Å². The largest absolute Gasteiger partial charge is 0.381 e. The van der Waals surface area contributed by atoms with E-state index in [1.807, 2.05) is 0 Å². The zero-order valence-corrected chi connectivity index (χ0v) is 11.2. The van der Waals surface area contributed by atoms with Crippen LogP contribution in [-0.4, -0.2) is 25.8 Å². The third-order valence-corrected chi connectivity index (χ3v) is 3.67. The van der Waals surface area contributed by atoms with Gasteiger partial charge in [-0.15, -0.1) is 12.3 Å². The van der Waals surface area contributed by atoms with E-state index in [0.29, 0.717) is 6.04 Å². The minimum Gasteiger partial charge on any atom is -0.381 e. The van der Waals surface area contributed by atoms with Crippen LogP contribution < -0.4 is 5.32 Å². The van der Waals surface area contributed by atoms with Crippen molar-refractivity contribution in [3.8, 4) is 12.3 Å². The van der Waals surface area contributed by atoms with E-state index < -0.39 is 0 Å². The lowest BCUT2D eigenvalue weighted by molar-refractivity contribution is 0.0631. The molecule has 1 aliphatic rings. The van der Waals surface area contributed by atoms with Gasteiger partial charge in [-0.3, -0.25) is 0 Å². The second-order valence-corrected chi connectivity index (χ2v) is 5.02. The summed E-state index contributed by atoms with van der Waals surface area (Å²) >= 11 is 0. The third-order valence-electron chi connectivity index (χ3n) is 3.67. The summed E-state index contributed by atoms with van der Waals surface area (Å²) in [5.41, 5.74) is 0. The van der Waals surface area contributed by atoms with Crippen LogP contribution in [0.5, 0.6) is 0 Å². The molecule has 1 atom stereocenters. The monoisotopic (exact) mass is 237 g/mol. The van der Waals surface area contributed by atoms with Gasteiger partial charge in [-0.1, -0.05) is 19.8 Å². The van der Waals surface area contributed by atoms with Gasteiger partial charge in [0.05, 0.1) is 0 Å². The van der Waals surface area contributed by atoms with Gasteiger partial charge in [0, 0.05) is 25.7 Å². The molecule has 17 heavy (non-hydrogen) atoms. The number of unbranched alkanes of at least 4 members (excludes halogenated alkanes) is 1. The quantitative estimate of drug-likeness (QED) is 0.517. The van der Waals surface area contributed by atoms with Gasteiger partial charge in [-0.05, 0) is 38.1 Å². The van der Waals surface area contributed by atoms with Gasteiger partial charge in [0.2, 0.25) is 0 Å². The summed E-state index contributed by atoms with van der Waals surface area (Å²) in [4.78, 5) is 0. The van der Waals surface area contributed by atoms with Crippen LogP contribution in [0.2, 0.25) is 0 Å². The van der Waals surface area contributed by atoms with Gasteiger partial charge in [0.15, 0.2) is 0 Å². The lowest BCUT2D eigenvalue weighted by atomic mass is 9.94. The highest BCUT2D eigenvalue weighted by atomic mass is 16.5. The topological polar surface area (TPSA) is 21.3 Å². The minimum atomic E-state index is 0.517. The first-order valence-corrected chi connectivity index (χ1v) is 7.11. The predicted octanol–water partition coefficient (Wildman–Crippen LogP) is 2.97. The molecule has 0 aromatic heterocycles. The summed E-state index contributed by atoms with van der Waals surface area (Å²) in [6.07, 6.45) is 13.8. The van der Waals surface area contributed by atoms with E-state index in [4.69, 9.17) is 11.2 Å². The molecule has 0 radical (unpaired) electrons. The molecule has 0 amide bonds. The molecule has 0 aromatic rings. The molecule has 1 saturated heterocycles. The van der Waals surface area contributed by atoms with Crippen molar-refractivity contribution in [3.63, 3.8) is 0 Å². The molecule has 0 aromatic carbocycles. The maximum absolute atomic E-state index is 5.37. The fourth-order valence-corrected chi connectivity index (χ4v) is 2.40. The van der Waals surface area contributed by atoms with Gasteiger partial charge < -0.3 is 10.1 Å². The fraction of sp³-hybridized carbons (Fsp3) is 0.867. The molecule has 98 valence electrons. The summed E-state index contributed by atoms with van der Waals surface area (Å²) < 4.78 is 5.37. The Morgan fingerprint density at radius 2 is 2.12 bits per heavy atom. The lowest BCUT2D eigenvalue weighted by Gasteiger charge is -2.22. The van der Waals surface area contributed by atoms with Gasteiger partial charge in [-0.25, -0.2) is 0 Å². The zero-order valence-electron chi connectivity index (χ0n) is 11.2. The molecule has 1 rings (SSSR count). The van der Waals surface area contributed by atoms with Gasteiger partial charge in [0.25, 0.3) is 0 Å². The number of rotatable bonds is 8. The maximum Gasteiger partial charge on any atom is 0.0468 e. The molecule has 0 saturated carbocycles. The fourth-order valence-electron chi connectivity index (χ4n) is 2.40. The third kappa shape index (κ3) is 6.71. The van der Waals surface area contributed by atoms with Crippen molar-refractivity contribution in [2.75, 3.05) is 19.8 Å². The van der Waals surface area contributed by atoms with Gasteiger partial charge >= 0.3 is 0 Å².